The fraction of sp³-hybridized carbons (Fsp3) is 0.214. The molecule has 176 valence electrons. The zero-order valence-corrected chi connectivity index (χ0v) is 18.5. The van der Waals surface area contributed by atoms with E-state index in [9.17, 15) is 9.59 Å². The summed E-state index contributed by atoms with van der Waals surface area (Å²) in [4.78, 5) is 22.4. The Hall–Kier alpha value is -4.06. The van der Waals surface area contributed by atoms with Crippen LogP contribution in [-0.2, 0) is 27.2 Å². The number of fused-ring (bicyclic) bond motifs is 2. The van der Waals surface area contributed by atoms with Gasteiger partial charge in [0.1, 0.15) is 11.5 Å². The monoisotopic (exact) mass is 466 g/mol. The number of methoxy groups -OCH3 is 2. The van der Waals surface area contributed by atoms with Crippen LogP contribution < -0.4 is 9.47 Å². The van der Waals surface area contributed by atoms with Gasteiger partial charge in [-0.1, -0.05) is 48.5 Å². The highest BCUT2D eigenvalue weighted by atomic mass is 16.5. The van der Waals surface area contributed by atoms with Gasteiger partial charge in [0.15, 0.2) is 0 Å². The minimum absolute atomic E-state index is 0.117. The lowest BCUT2D eigenvalue weighted by Gasteiger charge is -2.08. The van der Waals surface area contributed by atoms with Crippen LogP contribution in [0.5, 0.6) is 11.5 Å². The molecule has 0 heterocycles. The molecule has 1 N–H and O–H groups in total. The number of rotatable bonds is 7. The standard InChI is InChI=1S/C15H16O3.C13H12O3/c1-3-18-15(16)9-12-6-4-5-11-7-8-13(17-2)10-14(11)12;1-16-11-6-5-9-3-2-4-10(7-13(14)15)12(9)8-11/h4-8,10H,3,9H2,1-2H3;2-6,8H,7H2,1H3,(H,14,15)/i2D3;1D3. The molecule has 0 amide bonds. The number of aliphatic carboxylic acids is 1. The molecular weight excluding hydrogens is 432 g/mol. The molecule has 0 saturated carbocycles. The van der Waals surface area contributed by atoms with E-state index in [-0.39, 0.29) is 30.3 Å². The first kappa shape index (κ1) is 17.4. The van der Waals surface area contributed by atoms with E-state index in [1.165, 1.54) is 0 Å². The molecule has 0 unspecified atom stereocenters. The number of hydrogen-bond acceptors (Lipinski definition) is 5. The van der Waals surface area contributed by atoms with Crippen molar-refractivity contribution in [2.24, 2.45) is 0 Å². The van der Waals surface area contributed by atoms with E-state index in [0.717, 1.165) is 21.7 Å². The quantitative estimate of drug-likeness (QED) is 0.366. The van der Waals surface area contributed by atoms with Crippen LogP contribution in [-0.4, -0.2) is 37.7 Å². The zero-order valence-electron chi connectivity index (χ0n) is 24.5. The van der Waals surface area contributed by atoms with Gasteiger partial charge >= 0.3 is 11.9 Å². The molecule has 6 heteroatoms. The largest absolute Gasteiger partial charge is 0.497 e. The topological polar surface area (TPSA) is 82.1 Å². The molecule has 0 saturated heterocycles. The molecule has 0 aromatic heterocycles. The van der Waals surface area contributed by atoms with Gasteiger partial charge in [-0.25, -0.2) is 0 Å². The molecule has 0 fully saturated rings. The highest BCUT2D eigenvalue weighted by Gasteiger charge is 2.08. The predicted molar refractivity (Wildman–Crippen MR) is 133 cm³/mol. The van der Waals surface area contributed by atoms with Gasteiger partial charge in [0, 0.05) is 0 Å². The van der Waals surface area contributed by atoms with Gasteiger partial charge in [0.25, 0.3) is 0 Å². The van der Waals surface area contributed by atoms with Crippen molar-refractivity contribution in [3.05, 3.63) is 83.9 Å². The van der Waals surface area contributed by atoms with Crippen LogP contribution in [0, 0.1) is 0 Å². The number of carbonyl (C=O) groups is 2. The normalized spacial score (nSPS) is 13.7. The van der Waals surface area contributed by atoms with E-state index in [2.05, 4.69) is 0 Å². The molecule has 4 rings (SSSR count). The molecule has 0 spiro atoms. The maximum absolute atomic E-state index is 11.6. The van der Waals surface area contributed by atoms with Crippen LogP contribution in [0.25, 0.3) is 21.5 Å². The van der Waals surface area contributed by atoms with Crippen LogP contribution in [0.3, 0.4) is 0 Å². The molecule has 6 nitrogen and oxygen atoms in total. The highest BCUT2D eigenvalue weighted by Crippen LogP contribution is 2.25. The summed E-state index contributed by atoms with van der Waals surface area (Å²) in [7, 11) is -5.01. The highest BCUT2D eigenvalue weighted by molar-refractivity contribution is 5.90. The second-order valence-corrected chi connectivity index (χ2v) is 7.36. The molecule has 0 atom stereocenters. The first-order chi connectivity index (χ1) is 18.7. The summed E-state index contributed by atoms with van der Waals surface area (Å²) in [5.41, 5.74) is 1.41. The van der Waals surface area contributed by atoms with Gasteiger partial charge in [0.05, 0.1) is 41.7 Å². The van der Waals surface area contributed by atoms with Gasteiger partial charge in [-0.05, 0) is 63.9 Å². The second-order valence-electron chi connectivity index (χ2n) is 7.36. The molecular formula is C28H28O6. The number of carbonyl (C=O) groups excluding carboxylic acids is 1. The molecule has 0 bridgehead atoms. The van der Waals surface area contributed by atoms with Gasteiger partial charge in [-0.15, -0.1) is 0 Å². The number of carboxylic acids is 1. The van der Waals surface area contributed by atoms with Gasteiger partial charge in [0.2, 0.25) is 0 Å². The predicted octanol–water partition coefficient (Wildman–Crippen LogP) is 5.43. The van der Waals surface area contributed by atoms with Gasteiger partial charge < -0.3 is 19.3 Å². The zero-order chi connectivity index (χ0) is 29.5. The van der Waals surface area contributed by atoms with Crippen LogP contribution in [0.1, 0.15) is 26.3 Å². The van der Waals surface area contributed by atoms with Crippen LogP contribution >= 0.6 is 0 Å². The fourth-order valence-electron chi connectivity index (χ4n) is 3.60. The maximum Gasteiger partial charge on any atom is 0.310 e. The minimum Gasteiger partial charge on any atom is -0.497 e. The van der Waals surface area contributed by atoms with Crippen molar-refractivity contribution in [2.45, 2.75) is 19.8 Å². The summed E-state index contributed by atoms with van der Waals surface area (Å²) in [6.45, 7) is 2.08. The lowest BCUT2D eigenvalue weighted by Crippen LogP contribution is -2.07. The lowest BCUT2D eigenvalue weighted by atomic mass is 10.0. The first-order valence-corrected chi connectivity index (χ1v) is 10.5. The number of esters is 1. The Labute approximate surface area is 207 Å². The lowest BCUT2D eigenvalue weighted by molar-refractivity contribution is -0.142. The van der Waals surface area contributed by atoms with E-state index in [0.29, 0.717) is 17.6 Å². The number of benzene rings is 4. The van der Waals surface area contributed by atoms with Crippen molar-refractivity contribution in [1.82, 2.24) is 0 Å². The van der Waals surface area contributed by atoms with Crippen molar-refractivity contribution in [2.75, 3.05) is 20.7 Å². The summed E-state index contributed by atoms with van der Waals surface area (Å²) in [6.07, 6.45) is 0.0248. The summed E-state index contributed by atoms with van der Waals surface area (Å²) in [5.74, 6) is -0.800. The Bertz CT molecular complexity index is 1500. The molecule has 4 aromatic carbocycles. The fourth-order valence-corrected chi connectivity index (χ4v) is 3.60. The van der Waals surface area contributed by atoms with E-state index in [1.807, 2.05) is 24.3 Å². The Morgan fingerprint density at radius 3 is 1.79 bits per heavy atom. The van der Waals surface area contributed by atoms with E-state index in [4.69, 9.17) is 27.5 Å². The van der Waals surface area contributed by atoms with E-state index in [1.54, 1.807) is 55.5 Å². The summed E-state index contributed by atoms with van der Waals surface area (Å²) in [6, 6.07) is 20.7. The molecule has 0 aliphatic carbocycles. The van der Waals surface area contributed by atoms with Crippen molar-refractivity contribution >= 4 is 33.5 Å². The number of ether oxygens (including phenoxy) is 3. The Morgan fingerprint density at radius 2 is 1.32 bits per heavy atom. The minimum atomic E-state index is -2.52. The third kappa shape index (κ3) is 6.25. The van der Waals surface area contributed by atoms with E-state index >= 15 is 0 Å². The van der Waals surface area contributed by atoms with E-state index < -0.39 is 20.0 Å². The van der Waals surface area contributed by atoms with Crippen molar-refractivity contribution in [1.29, 1.82) is 0 Å². The van der Waals surface area contributed by atoms with Crippen LogP contribution in [0.15, 0.2) is 72.8 Å². The third-order valence-electron chi connectivity index (χ3n) is 5.11. The summed E-state index contributed by atoms with van der Waals surface area (Å²) >= 11 is 0. The van der Waals surface area contributed by atoms with Gasteiger partial charge in [-0.3, -0.25) is 9.59 Å². The second kappa shape index (κ2) is 11.7. The summed E-state index contributed by atoms with van der Waals surface area (Å²) < 4.78 is 57.3. The van der Waals surface area contributed by atoms with Crippen LogP contribution in [0.2, 0.25) is 0 Å². The molecule has 34 heavy (non-hydrogen) atoms. The number of hydrogen-bond donors (Lipinski definition) is 1. The van der Waals surface area contributed by atoms with Gasteiger partial charge in [-0.2, -0.15) is 0 Å². The smallest absolute Gasteiger partial charge is 0.310 e. The van der Waals surface area contributed by atoms with Crippen molar-refractivity contribution in [3.63, 3.8) is 0 Å². The molecule has 0 aliphatic rings. The average molecular weight is 467 g/mol. The Morgan fingerprint density at radius 1 is 0.794 bits per heavy atom. The van der Waals surface area contributed by atoms with Crippen LogP contribution in [0.4, 0.5) is 0 Å². The first-order valence-electron chi connectivity index (χ1n) is 13.5. The molecule has 0 radical (unpaired) electrons. The molecule has 4 aromatic rings. The number of carboxylic acid groups (broad SMARTS) is 1. The molecule has 0 aliphatic heterocycles. The third-order valence-corrected chi connectivity index (χ3v) is 5.11. The Kier molecular flexibility index (Phi) is 6.00. The average Bonchev–Trinajstić information content (AvgIpc) is 2.83. The SMILES string of the molecule is [2H]C([2H])([2H])Oc1ccc2cccc(CC(=O)O)c2c1.[2H]C([2H])([2H])Oc1ccc2cccc(CC(=O)OCC)c2c1. The Balaban J connectivity index is 0.000000222. The van der Waals surface area contributed by atoms with Crippen molar-refractivity contribution in [3.8, 4) is 11.5 Å². The maximum atomic E-state index is 11.6. The van der Waals surface area contributed by atoms with Crippen molar-refractivity contribution < 1.29 is 37.1 Å². The summed E-state index contributed by atoms with van der Waals surface area (Å²) in [5, 5.41) is 12.1.